The van der Waals surface area contributed by atoms with Gasteiger partial charge >= 0.3 is 0 Å². The van der Waals surface area contributed by atoms with Crippen molar-refractivity contribution in [3.05, 3.63) is 44.9 Å². The van der Waals surface area contributed by atoms with E-state index in [4.69, 9.17) is 15.7 Å². The van der Waals surface area contributed by atoms with Gasteiger partial charge in [0.25, 0.3) is 11.5 Å². The van der Waals surface area contributed by atoms with Gasteiger partial charge in [-0.3, -0.25) is 9.59 Å². The molecule has 124 valence electrons. The van der Waals surface area contributed by atoms with Gasteiger partial charge in [0.05, 0.1) is 16.8 Å². The molecule has 3 aromatic rings. The maximum absolute atomic E-state index is 12.6. The minimum atomic E-state index is -2.68. The quantitative estimate of drug-likeness (QED) is 0.741. The summed E-state index contributed by atoms with van der Waals surface area (Å²) in [5.41, 5.74) is 0.180. The van der Waals surface area contributed by atoms with Gasteiger partial charge in [-0.1, -0.05) is 11.6 Å². The van der Waals surface area contributed by atoms with Gasteiger partial charge in [0.1, 0.15) is 0 Å². The summed E-state index contributed by atoms with van der Waals surface area (Å²) in [7, 11) is 0. The number of nitrogens with zero attached hydrogens (tertiary/aromatic N) is 3. The second kappa shape index (κ2) is 6.58. The third kappa shape index (κ3) is 2.85. The molecule has 0 spiro atoms. The van der Waals surface area contributed by atoms with Crippen molar-refractivity contribution in [3.8, 4) is 0 Å². The molecule has 0 radical (unpaired) electrons. The number of aromatic nitrogens is 3. The zero-order chi connectivity index (χ0) is 19.8. The van der Waals surface area contributed by atoms with Gasteiger partial charge in [0, 0.05) is 40.0 Å². The lowest BCUT2D eigenvalue weighted by Crippen LogP contribution is -2.21. The van der Waals surface area contributed by atoms with Gasteiger partial charge in [0.15, 0.2) is 10.8 Å². The standard InChI is InChI=1S/C15H14ClN5O2S/c1-3-21-5-4-10-12(15(21)23)9(7-24-10)18-8-6-11(16)19-20-13(8)14(22)17-2/h4-7H,3H2,1-2H3,(H,17,22)(H,18,19)/i2D3. The fourth-order valence-corrected chi connectivity index (χ4v) is 3.28. The number of carbonyl (C=O) groups is 1. The SMILES string of the molecule is [2H]C([2H])([2H])NC(=O)c1nnc(Cl)cc1Nc1csc2ccn(CC)c(=O)c12. The highest BCUT2D eigenvalue weighted by atomic mass is 35.5. The first-order chi connectivity index (χ1) is 12.7. The number of hydrogen-bond donors (Lipinski definition) is 2. The maximum atomic E-state index is 12.6. The monoisotopic (exact) mass is 366 g/mol. The highest BCUT2D eigenvalue weighted by molar-refractivity contribution is 7.17. The number of aryl methyl sites for hydroxylation is 1. The van der Waals surface area contributed by atoms with E-state index >= 15 is 0 Å². The first-order valence-electron chi connectivity index (χ1n) is 8.43. The molecule has 2 N–H and O–H groups in total. The third-order valence-electron chi connectivity index (χ3n) is 3.40. The van der Waals surface area contributed by atoms with Crippen LogP contribution in [-0.2, 0) is 6.54 Å². The first-order valence-corrected chi connectivity index (χ1v) is 8.19. The van der Waals surface area contributed by atoms with Gasteiger partial charge in [-0.15, -0.1) is 21.5 Å². The molecular weight excluding hydrogens is 350 g/mol. The Morgan fingerprint density at radius 2 is 2.29 bits per heavy atom. The molecule has 24 heavy (non-hydrogen) atoms. The molecule has 0 aliphatic heterocycles. The summed E-state index contributed by atoms with van der Waals surface area (Å²) in [6, 6.07) is 3.17. The Morgan fingerprint density at radius 3 is 3.04 bits per heavy atom. The van der Waals surface area contributed by atoms with Crippen LogP contribution in [0.4, 0.5) is 11.4 Å². The summed E-state index contributed by atoms with van der Waals surface area (Å²) in [4.78, 5) is 24.9. The summed E-state index contributed by atoms with van der Waals surface area (Å²) in [5.74, 6) is -0.938. The largest absolute Gasteiger partial charge is 0.354 e. The lowest BCUT2D eigenvalue weighted by Gasteiger charge is -2.10. The fourth-order valence-electron chi connectivity index (χ4n) is 2.26. The van der Waals surface area contributed by atoms with E-state index in [-0.39, 0.29) is 22.1 Å². The van der Waals surface area contributed by atoms with Crippen LogP contribution >= 0.6 is 22.9 Å². The van der Waals surface area contributed by atoms with Crippen LogP contribution in [0.25, 0.3) is 10.1 Å². The topological polar surface area (TPSA) is 88.9 Å². The molecule has 3 aromatic heterocycles. The molecule has 7 nitrogen and oxygen atoms in total. The lowest BCUT2D eigenvalue weighted by atomic mass is 10.2. The summed E-state index contributed by atoms with van der Waals surface area (Å²) in [5, 5.41) is 14.3. The number of halogens is 1. The second-order valence-electron chi connectivity index (χ2n) is 4.80. The molecule has 3 rings (SSSR count). The Hall–Kier alpha value is -2.45. The molecule has 0 unspecified atom stereocenters. The fraction of sp³-hybridized carbons (Fsp3) is 0.200. The predicted molar refractivity (Wildman–Crippen MR) is 95.5 cm³/mol. The van der Waals surface area contributed by atoms with Crippen LogP contribution < -0.4 is 16.2 Å². The molecule has 0 fully saturated rings. The number of rotatable bonds is 4. The van der Waals surface area contributed by atoms with Crippen molar-refractivity contribution in [2.24, 2.45) is 0 Å². The molecule has 0 bridgehead atoms. The second-order valence-corrected chi connectivity index (χ2v) is 6.10. The van der Waals surface area contributed by atoms with Crippen LogP contribution in [0.2, 0.25) is 5.15 Å². The molecular formula is C15H14ClN5O2S. The van der Waals surface area contributed by atoms with Crippen molar-refractivity contribution < 1.29 is 8.91 Å². The number of fused-ring (bicyclic) bond motifs is 1. The van der Waals surface area contributed by atoms with Crippen LogP contribution in [0.3, 0.4) is 0 Å². The van der Waals surface area contributed by atoms with Gasteiger partial charge in [-0.05, 0) is 13.0 Å². The summed E-state index contributed by atoms with van der Waals surface area (Å²) < 4.78 is 23.8. The normalized spacial score (nSPS) is 13.2. The van der Waals surface area contributed by atoms with Crippen LogP contribution in [0.15, 0.2) is 28.5 Å². The third-order valence-corrected chi connectivity index (χ3v) is 4.54. The lowest BCUT2D eigenvalue weighted by molar-refractivity contribution is 0.0958. The zero-order valence-corrected chi connectivity index (χ0v) is 14.0. The molecule has 0 aliphatic carbocycles. The Bertz CT molecular complexity index is 1080. The van der Waals surface area contributed by atoms with Crippen LogP contribution in [0.1, 0.15) is 21.5 Å². The van der Waals surface area contributed by atoms with E-state index in [1.54, 1.807) is 16.1 Å². The van der Waals surface area contributed by atoms with E-state index in [1.807, 2.05) is 18.3 Å². The summed E-state index contributed by atoms with van der Waals surface area (Å²) in [6.07, 6.45) is 1.71. The van der Waals surface area contributed by atoms with Crippen molar-refractivity contribution >= 4 is 50.3 Å². The Kier molecular flexibility index (Phi) is 3.54. The van der Waals surface area contributed by atoms with E-state index in [0.29, 0.717) is 17.6 Å². The number of nitrogens with one attached hydrogen (secondary N) is 2. The molecule has 9 heteroatoms. The van der Waals surface area contributed by atoms with Crippen molar-refractivity contribution in [2.45, 2.75) is 13.5 Å². The predicted octanol–water partition coefficient (Wildman–Crippen LogP) is 2.63. The molecule has 0 aliphatic rings. The Labute approximate surface area is 150 Å². The van der Waals surface area contributed by atoms with Gasteiger partial charge in [-0.2, -0.15) is 0 Å². The van der Waals surface area contributed by atoms with Crippen molar-refractivity contribution in [1.82, 2.24) is 20.1 Å². The number of carbonyl (C=O) groups excluding carboxylic acids is 1. The van der Waals surface area contributed by atoms with Crippen LogP contribution in [-0.4, -0.2) is 27.6 Å². The van der Waals surface area contributed by atoms with Gasteiger partial charge < -0.3 is 15.2 Å². The summed E-state index contributed by atoms with van der Waals surface area (Å²) >= 11 is 7.23. The number of anilines is 2. The Balaban J connectivity index is 2.06. The molecule has 0 atom stereocenters. The maximum Gasteiger partial charge on any atom is 0.273 e. The van der Waals surface area contributed by atoms with E-state index in [0.717, 1.165) is 4.70 Å². The van der Waals surface area contributed by atoms with Crippen LogP contribution in [0, 0.1) is 0 Å². The van der Waals surface area contributed by atoms with E-state index in [1.165, 1.54) is 17.4 Å². The van der Waals surface area contributed by atoms with E-state index in [9.17, 15) is 9.59 Å². The van der Waals surface area contributed by atoms with E-state index < -0.39 is 12.9 Å². The molecule has 1 amide bonds. The van der Waals surface area contributed by atoms with Crippen molar-refractivity contribution in [3.63, 3.8) is 0 Å². The highest BCUT2D eigenvalue weighted by Gasteiger charge is 2.17. The first kappa shape index (κ1) is 12.9. The molecule has 0 saturated heterocycles. The average molecular weight is 367 g/mol. The number of amides is 1. The van der Waals surface area contributed by atoms with Crippen LogP contribution in [0.5, 0.6) is 0 Å². The smallest absolute Gasteiger partial charge is 0.273 e. The minimum Gasteiger partial charge on any atom is -0.354 e. The van der Waals surface area contributed by atoms with Gasteiger partial charge in [0.2, 0.25) is 0 Å². The number of hydrogen-bond acceptors (Lipinski definition) is 6. The highest BCUT2D eigenvalue weighted by Crippen LogP contribution is 2.31. The molecule has 0 saturated carbocycles. The minimum absolute atomic E-state index is 0.00781. The number of thiophene rings is 1. The van der Waals surface area contributed by atoms with E-state index in [2.05, 4.69) is 15.5 Å². The van der Waals surface area contributed by atoms with Crippen molar-refractivity contribution in [2.75, 3.05) is 12.3 Å². The zero-order valence-electron chi connectivity index (χ0n) is 15.5. The summed E-state index contributed by atoms with van der Waals surface area (Å²) in [6.45, 7) is -0.310. The molecule has 0 aromatic carbocycles. The van der Waals surface area contributed by atoms with Gasteiger partial charge in [-0.25, -0.2) is 0 Å². The molecule has 3 heterocycles. The Morgan fingerprint density at radius 1 is 1.46 bits per heavy atom. The van der Waals surface area contributed by atoms with Crippen molar-refractivity contribution in [1.29, 1.82) is 0 Å². The number of pyridine rings is 1. The average Bonchev–Trinajstić information content (AvgIpc) is 2.97.